The third-order valence-corrected chi connectivity index (χ3v) is 12.0. The highest BCUT2D eigenvalue weighted by Gasteiger charge is 2.37. The molecule has 6 unspecified atom stereocenters. The van der Waals surface area contributed by atoms with E-state index in [1.54, 1.807) is 0 Å². The summed E-state index contributed by atoms with van der Waals surface area (Å²) in [6.07, 6.45) is 7.07. The summed E-state index contributed by atoms with van der Waals surface area (Å²) in [5.41, 5.74) is 8.77. The molecule has 0 aromatic heterocycles. The standard InChI is InChI=1S/C48H90O3/c1-31-34(22-25-37(46(13,14)15)40(49)28-43(4,5)6)32(2)36(24-27-39(48(19,20)21)42(51)30-45(10,11)12)33(3)35(31)23-26-38(47(16,17)18)41(50)29-44(7,8)9/h37-42,49-51H,22-30H2,1-21H3. The molecule has 0 heterocycles. The van der Waals surface area contributed by atoms with E-state index in [0.29, 0.717) is 0 Å². The Hall–Kier alpha value is -0.900. The van der Waals surface area contributed by atoms with Crippen molar-refractivity contribution in [3.63, 3.8) is 0 Å². The predicted octanol–water partition coefficient (Wildman–Crippen LogP) is 12.8. The van der Waals surface area contributed by atoms with Crippen LogP contribution < -0.4 is 0 Å². The third kappa shape index (κ3) is 15.8. The Kier molecular flexibility index (Phi) is 16.7. The van der Waals surface area contributed by atoms with Gasteiger partial charge in [0.05, 0.1) is 18.3 Å². The summed E-state index contributed by atoms with van der Waals surface area (Å²) in [4.78, 5) is 0. The summed E-state index contributed by atoms with van der Waals surface area (Å²) in [5, 5.41) is 34.8. The summed E-state index contributed by atoms with van der Waals surface area (Å²) in [6, 6.07) is 0. The van der Waals surface area contributed by atoms with E-state index in [1.165, 1.54) is 33.4 Å². The third-order valence-electron chi connectivity index (χ3n) is 12.0. The molecule has 3 N–H and O–H groups in total. The zero-order valence-electron chi connectivity index (χ0n) is 38.2. The van der Waals surface area contributed by atoms with Crippen molar-refractivity contribution < 1.29 is 15.3 Å². The molecule has 0 amide bonds. The van der Waals surface area contributed by atoms with Crippen molar-refractivity contribution in [3.05, 3.63) is 33.4 Å². The van der Waals surface area contributed by atoms with E-state index in [9.17, 15) is 15.3 Å². The summed E-state index contributed by atoms with van der Waals surface area (Å²) < 4.78 is 0. The second-order valence-electron chi connectivity index (χ2n) is 23.8. The maximum absolute atomic E-state index is 11.6. The molecule has 0 aliphatic carbocycles. The van der Waals surface area contributed by atoms with E-state index in [0.717, 1.165) is 57.8 Å². The highest BCUT2D eigenvalue weighted by molar-refractivity contribution is 5.51. The van der Waals surface area contributed by atoms with Crippen LogP contribution in [0.15, 0.2) is 0 Å². The zero-order valence-corrected chi connectivity index (χ0v) is 38.2. The SMILES string of the molecule is Cc1c(CCC(C(O)CC(C)(C)C)C(C)(C)C)c(C)c(CCC(C(O)CC(C)(C)C)C(C)(C)C)c(C)c1CCC(C(O)CC(C)(C)C)C(C)(C)C. The van der Waals surface area contributed by atoms with E-state index in [4.69, 9.17) is 0 Å². The van der Waals surface area contributed by atoms with Crippen LogP contribution in [0, 0.1) is 71.0 Å². The minimum atomic E-state index is -0.344. The molecule has 6 atom stereocenters. The number of rotatable bonds is 15. The Morgan fingerprint density at radius 3 is 0.667 bits per heavy atom. The molecule has 1 aromatic rings. The Balaban J connectivity index is 3.80. The fraction of sp³-hybridized carbons (Fsp3) is 0.875. The molecule has 0 aliphatic rings. The van der Waals surface area contributed by atoms with Gasteiger partial charge in [-0.2, -0.15) is 0 Å². The van der Waals surface area contributed by atoms with Crippen molar-refractivity contribution in [3.8, 4) is 0 Å². The number of aliphatic hydroxyl groups is 3. The molecular formula is C48H90O3. The highest BCUT2D eigenvalue weighted by Crippen LogP contribution is 2.42. The molecule has 51 heavy (non-hydrogen) atoms. The van der Waals surface area contributed by atoms with Gasteiger partial charge >= 0.3 is 0 Å². The lowest BCUT2D eigenvalue weighted by molar-refractivity contribution is 0.00994. The molecule has 3 heteroatoms. The predicted molar refractivity (Wildman–Crippen MR) is 225 cm³/mol. The van der Waals surface area contributed by atoms with E-state index in [1.807, 2.05) is 0 Å². The second kappa shape index (κ2) is 17.7. The van der Waals surface area contributed by atoms with Crippen molar-refractivity contribution in [2.75, 3.05) is 0 Å². The number of benzene rings is 1. The van der Waals surface area contributed by atoms with Gasteiger partial charge in [-0.1, -0.05) is 125 Å². The van der Waals surface area contributed by atoms with Gasteiger partial charge in [-0.15, -0.1) is 0 Å². The lowest BCUT2D eigenvalue weighted by atomic mass is 9.69. The summed E-state index contributed by atoms with van der Waals surface area (Å²) in [7, 11) is 0. The molecule has 300 valence electrons. The van der Waals surface area contributed by atoms with Crippen LogP contribution in [0.1, 0.15) is 197 Å². The first-order valence-electron chi connectivity index (χ1n) is 20.7. The lowest BCUT2D eigenvalue weighted by Gasteiger charge is -2.38. The highest BCUT2D eigenvalue weighted by atomic mass is 16.3. The molecule has 1 rings (SSSR count). The average molecular weight is 715 g/mol. The van der Waals surface area contributed by atoms with Gasteiger partial charge in [-0.05, 0) is 162 Å². The summed E-state index contributed by atoms with van der Waals surface area (Å²) in [6.45, 7) is 47.7. The van der Waals surface area contributed by atoms with Crippen molar-refractivity contribution in [2.24, 2.45) is 50.2 Å². The van der Waals surface area contributed by atoms with Gasteiger partial charge in [0, 0.05) is 0 Å². The van der Waals surface area contributed by atoms with Gasteiger partial charge in [-0.3, -0.25) is 0 Å². The first-order chi connectivity index (χ1) is 22.6. The van der Waals surface area contributed by atoms with E-state index >= 15 is 0 Å². The number of hydrogen-bond donors (Lipinski definition) is 3. The van der Waals surface area contributed by atoms with Gasteiger partial charge in [0.1, 0.15) is 0 Å². The minimum Gasteiger partial charge on any atom is -0.393 e. The molecule has 0 aliphatic heterocycles. The molecule has 3 nitrogen and oxygen atoms in total. The fourth-order valence-corrected chi connectivity index (χ4v) is 9.33. The van der Waals surface area contributed by atoms with Gasteiger partial charge < -0.3 is 15.3 Å². The number of hydrogen-bond acceptors (Lipinski definition) is 3. The van der Waals surface area contributed by atoms with E-state index in [2.05, 4.69) is 145 Å². The number of aliphatic hydroxyl groups excluding tert-OH is 3. The normalized spacial score (nSPS) is 17.6. The first kappa shape index (κ1) is 48.1. The van der Waals surface area contributed by atoms with Gasteiger partial charge in [0.25, 0.3) is 0 Å². The van der Waals surface area contributed by atoms with Crippen molar-refractivity contribution >= 4 is 0 Å². The smallest absolute Gasteiger partial charge is 0.0578 e. The minimum absolute atomic E-state index is 0.00488. The molecular weight excluding hydrogens is 625 g/mol. The largest absolute Gasteiger partial charge is 0.393 e. The molecule has 0 saturated carbocycles. The van der Waals surface area contributed by atoms with Crippen LogP contribution in [0.5, 0.6) is 0 Å². The Morgan fingerprint density at radius 2 is 0.529 bits per heavy atom. The van der Waals surface area contributed by atoms with Gasteiger partial charge in [0.15, 0.2) is 0 Å². The maximum Gasteiger partial charge on any atom is 0.0578 e. The van der Waals surface area contributed by atoms with Crippen LogP contribution in [-0.2, 0) is 19.3 Å². The quantitative estimate of drug-likeness (QED) is 0.169. The molecule has 0 spiro atoms. The molecule has 0 fully saturated rings. The summed E-state index contributed by atoms with van der Waals surface area (Å²) >= 11 is 0. The van der Waals surface area contributed by atoms with Crippen molar-refractivity contribution in [1.29, 1.82) is 0 Å². The van der Waals surface area contributed by atoms with Crippen LogP contribution in [-0.4, -0.2) is 33.6 Å². The Morgan fingerprint density at radius 1 is 0.353 bits per heavy atom. The summed E-state index contributed by atoms with van der Waals surface area (Å²) in [5.74, 6) is 0.582. The Labute approximate surface area is 319 Å². The lowest BCUT2D eigenvalue weighted by Crippen LogP contribution is -2.36. The van der Waals surface area contributed by atoms with Crippen LogP contribution in [0.4, 0.5) is 0 Å². The van der Waals surface area contributed by atoms with E-state index < -0.39 is 0 Å². The second-order valence-corrected chi connectivity index (χ2v) is 23.8. The van der Waals surface area contributed by atoms with Gasteiger partial charge in [-0.25, -0.2) is 0 Å². The first-order valence-corrected chi connectivity index (χ1v) is 20.7. The molecule has 0 radical (unpaired) electrons. The van der Waals surface area contributed by atoms with Crippen LogP contribution in [0.3, 0.4) is 0 Å². The van der Waals surface area contributed by atoms with Crippen molar-refractivity contribution in [1.82, 2.24) is 0 Å². The van der Waals surface area contributed by atoms with Gasteiger partial charge in [0.2, 0.25) is 0 Å². The average Bonchev–Trinajstić information content (AvgIpc) is 2.84. The van der Waals surface area contributed by atoms with Crippen LogP contribution >= 0.6 is 0 Å². The van der Waals surface area contributed by atoms with E-state index in [-0.39, 0.29) is 68.6 Å². The molecule has 0 saturated heterocycles. The maximum atomic E-state index is 11.6. The van der Waals surface area contributed by atoms with Crippen LogP contribution in [0.25, 0.3) is 0 Å². The topological polar surface area (TPSA) is 60.7 Å². The molecule has 0 bridgehead atoms. The van der Waals surface area contributed by atoms with Crippen molar-refractivity contribution in [2.45, 2.75) is 221 Å². The zero-order chi connectivity index (χ0) is 40.3. The fourth-order valence-electron chi connectivity index (χ4n) is 9.33. The van der Waals surface area contributed by atoms with Crippen LogP contribution in [0.2, 0.25) is 0 Å². The molecule has 1 aromatic carbocycles. The monoisotopic (exact) mass is 715 g/mol. The Bertz CT molecular complexity index is 1040.